The van der Waals surface area contributed by atoms with Gasteiger partial charge in [0.05, 0.1) is 18.7 Å². The number of halogens is 1. The monoisotopic (exact) mass is 259 g/mol. The van der Waals surface area contributed by atoms with Gasteiger partial charge in [0.25, 0.3) is 0 Å². The summed E-state index contributed by atoms with van der Waals surface area (Å²) in [6.45, 7) is 2.03. The molecule has 2 rings (SSSR count). The van der Waals surface area contributed by atoms with Crippen molar-refractivity contribution in [3.05, 3.63) is 65.0 Å². The summed E-state index contributed by atoms with van der Waals surface area (Å²) in [6.07, 6.45) is 0. The van der Waals surface area contributed by atoms with Crippen LogP contribution in [0.4, 0.5) is 4.39 Å². The van der Waals surface area contributed by atoms with Crippen LogP contribution >= 0.6 is 0 Å². The van der Waals surface area contributed by atoms with E-state index in [-0.39, 0.29) is 11.9 Å². The lowest BCUT2D eigenvalue weighted by Gasteiger charge is -2.20. The SMILES string of the molecule is CNC(c1ccc(C)cc1)c1c(F)cccc1OC. The lowest BCUT2D eigenvalue weighted by atomic mass is 9.96. The molecule has 0 amide bonds. The highest BCUT2D eigenvalue weighted by Crippen LogP contribution is 2.32. The molecule has 2 nitrogen and oxygen atoms in total. The van der Waals surface area contributed by atoms with Crippen LogP contribution < -0.4 is 10.1 Å². The Labute approximate surface area is 113 Å². The molecule has 1 atom stereocenters. The predicted octanol–water partition coefficient (Wildman–Crippen LogP) is 3.45. The summed E-state index contributed by atoms with van der Waals surface area (Å²) < 4.78 is 19.4. The minimum absolute atomic E-state index is 0.225. The van der Waals surface area contributed by atoms with Crippen LogP contribution in [-0.4, -0.2) is 14.2 Å². The van der Waals surface area contributed by atoms with Crippen LogP contribution in [0.2, 0.25) is 0 Å². The van der Waals surface area contributed by atoms with Crippen molar-refractivity contribution in [2.45, 2.75) is 13.0 Å². The normalized spacial score (nSPS) is 12.2. The molecule has 0 radical (unpaired) electrons. The second kappa shape index (κ2) is 5.85. The Balaban J connectivity index is 2.50. The topological polar surface area (TPSA) is 21.3 Å². The van der Waals surface area contributed by atoms with Crippen LogP contribution in [0.1, 0.15) is 22.7 Å². The van der Waals surface area contributed by atoms with Gasteiger partial charge in [0.2, 0.25) is 0 Å². The van der Waals surface area contributed by atoms with Crippen molar-refractivity contribution < 1.29 is 9.13 Å². The lowest BCUT2D eigenvalue weighted by Crippen LogP contribution is -2.19. The van der Waals surface area contributed by atoms with Crippen LogP contribution in [0, 0.1) is 12.7 Å². The smallest absolute Gasteiger partial charge is 0.132 e. The van der Waals surface area contributed by atoms with E-state index in [1.54, 1.807) is 19.2 Å². The Morgan fingerprint density at radius 2 is 1.79 bits per heavy atom. The van der Waals surface area contributed by atoms with E-state index in [1.165, 1.54) is 11.6 Å². The van der Waals surface area contributed by atoms with Crippen LogP contribution in [0.5, 0.6) is 5.75 Å². The van der Waals surface area contributed by atoms with E-state index in [0.717, 1.165) is 5.56 Å². The predicted molar refractivity (Wildman–Crippen MR) is 75.0 cm³/mol. The van der Waals surface area contributed by atoms with E-state index in [4.69, 9.17) is 4.74 Å². The Kier molecular flexibility index (Phi) is 4.17. The molecule has 0 bridgehead atoms. The van der Waals surface area contributed by atoms with Gasteiger partial charge in [0.15, 0.2) is 0 Å². The second-order valence-corrected chi connectivity index (χ2v) is 4.49. The number of methoxy groups -OCH3 is 1. The van der Waals surface area contributed by atoms with Crippen LogP contribution in [0.15, 0.2) is 42.5 Å². The first kappa shape index (κ1) is 13.6. The first-order valence-corrected chi connectivity index (χ1v) is 6.23. The molecule has 0 saturated carbocycles. The standard InChI is InChI=1S/C16H18FNO/c1-11-7-9-12(10-8-11)16(18-2)15-13(17)5-4-6-14(15)19-3/h4-10,16,18H,1-3H3. The Morgan fingerprint density at radius 3 is 2.37 bits per heavy atom. The molecule has 1 unspecified atom stereocenters. The number of nitrogens with one attached hydrogen (secondary N) is 1. The Morgan fingerprint density at radius 1 is 1.11 bits per heavy atom. The summed E-state index contributed by atoms with van der Waals surface area (Å²) in [6, 6.07) is 12.7. The molecule has 100 valence electrons. The summed E-state index contributed by atoms with van der Waals surface area (Å²) in [5.74, 6) is 0.291. The van der Waals surface area contributed by atoms with Crippen LogP contribution in [0.3, 0.4) is 0 Å². The van der Waals surface area contributed by atoms with Crippen molar-refractivity contribution in [3.8, 4) is 5.75 Å². The van der Waals surface area contributed by atoms with Crippen molar-refractivity contribution in [2.75, 3.05) is 14.2 Å². The zero-order valence-electron chi connectivity index (χ0n) is 11.4. The minimum Gasteiger partial charge on any atom is -0.496 e. The number of hydrogen-bond acceptors (Lipinski definition) is 2. The molecule has 0 aliphatic rings. The molecule has 2 aromatic carbocycles. The van der Waals surface area contributed by atoms with Crippen molar-refractivity contribution in [2.24, 2.45) is 0 Å². The average Bonchev–Trinajstić information content (AvgIpc) is 2.43. The molecular formula is C16H18FNO. The molecule has 0 fully saturated rings. The van der Waals surface area contributed by atoms with Crippen molar-refractivity contribution >= 4 is 0 Å². The number of aryl methyl sites for hydroxylation is 1. The van der Waals surface area contributed by atoms with E-state index in [0.29, 0.717) is 11.3 Å². The maximum Gasteiger partial charge on any atom is 0.132 e. The van der Waals surface area contributed by atoms with Gasteiger partial charge < -0.3 is 10.1 Å². The van der Waals surface area contributed by atoms with Crippen LogP contribution in [0.25, 0.3) is 0 Å². The third kappa shape index (κ3) is 2.76. The first-order valence-electron chi connectivity index (χ1n) is 6.23. The summed E-state index contributed by atoms with van der Waals surface area (Å²) in [7, 11) is 3.37. The fourth-order valence-electron chi connectivity index (χ4n) is 2.21. The van der Waals surface area contributed by atoms with Gasteiger partial charge in [-0.15, -0.1) is 0 Å². The molecule has 0 aromatic heterocycles. The fourth-order valence-corrected chi connectivity index (χ4v) is 2.21. The summed E-state index contributed by atoms with van der Waals surface area (Å²) in [4.78, 5) is 0. The molecule has 3 heteroatoms. The molecule has 0 aliphatic heterocycles. The van der Waals surface area contributed by atoms with Gasteiger partial charge in [-0.05, 0) is 31.7 Å². The summed E-state index contributed by atoms with van der Waals surface area (Å²) in [5.41, 5.74) is 2.73. The maximum absolute atomic E-state index is 14.1. The van der Waals surface area contributed by atoms with Crippen molar-refractivity contribution in [3.63, 3.8) is 0 Å². The molecule has 2 aromatic rings. The van der Waals surface area contributed by atoms with Gasteiger partial charge in [0.1, 0.15) is 11.6 Å². The van der Waals surface area contributed by atoms with E-state index in [2.05, 4.69) is 5.32 Å². The van der Waals surface area contributed by atoms with Gasteiger partial charge in [-0.1, -0.05) is 35.9 Å². The van der Waals surface area contributed by atoms with E-state index >= 15 is 0 Å². The number of ether oxygens (including phenoxy) is 1. The highest BCUT2D eigenvalue weighted by Gasteiger charge is 2.20. The van der Waals surface area contributed by atoms with E-state index in [9.17, 15) is 4.39 Å². The third-order valence-electron chi connectivity index (χ3n) is 3.22. The molecular weight excluding hydrogens is 241 g/mol. The minimum atomic E-state index is -0.265. The molecule has 0 heterocycles. The van der Waals surface area contributed by atoms with Gasteiger partial charge in [-0.2, -0.15) is 0 Å². The van der Waals surface area contributed by atoms with Crippen LogP contribution in [-0.2, 0) is 0 Å². The van der Waals surface area contributed by atoms with E-state index < -0.39 is 0 Å². The number of rotatable bonds is 4. The van der Waals surface area contributed by atoms with Gasteiger partial charge in [-0.25, -0.2) is 4.39 Å². The van der Waals surface area contributed by atoms with Gasteiger partial charge in [-0.3, -0.25) is 0 Å². The molecule has 0 saturated heterocycles. The van der Waals surface area contributed by atoms with Gasteiger partial charge in [0, 0.05) is 0 Å². The maximum atomic E-state index is 14.1. The molecule has 0 aliphatic carbocycles. The third-order valence-corrected chi connectivity index (χ3v) is 3.22. The summed E-state index contributed by atoms with van der Waals surface area (Å²) in [5, 5.41) is 3.15. The number of benzene rings is 2. The van der Waals surface area contributed by atoms with E-state index in [1.807, 2.05) is 38.2 Å². The fraction of sp³-hybridized carbons (Fsp3) is 0.250. The Hall–Kier alpha value is -1.87. The largest absolute Gasteiger partial charge is 0.496 e. The number of hydrogen-bond donors (Lipinski definition) is 1. The van der Waals surface area contributed by atoms with Crippen molar-refractivity contribution in [1.29, 1.82) is 0 Å². The Bertz CT molecular complexity index is 551. The molecule has 19 heavy (non-hydrogen) atoms. The van der Waals surface area contributed by atoms with Crippen molar-refractivity contribution in [1.82, 2.24) is 5.32 Å². The second-order valence-electron chi connectivity index (χ2n) is 4.49. The zero-order valence-corrected chi connectivity index (χ0v) is 11.4. The molecule has 0 spiro atoms. The highest BCUT2D eigenvalue weighted by atomic mass is 19.1. The molecule has 1 N–H and O–H groups in total. The highest BCUT2D eigenvalue weighted by molar-refractivity contribution is 5.43. The van der Waals surface area contributed by atoms with Gasteiger partial charge >= 0.3 is 0 Å². The first-order chi connectivity index (χ1) is 9.17. The average molecular weight is 259 g/mol. The zero-order chi connectivity index (χ0) is 13.8. The quantitative estimate of drug-likeness (QED) is 0.908. The lowest BCUT2D eigenvalue weighted by molar-refractivity contribution is 0.398. The summed E-state index contributed by atoms with van der Waals surface area (Å²) >= 11 is 0.